The van der Waals surface area contributed by atoms with Gasteiger partial charge >= 0.3 is 6.01 Å². The van der Waals surface area contributed by atoms with Gasteiger partial charge in [-0.25, -0.2) is 18.4 Å². The standard InChI is InChI=1S/C29H33BrN6O5S/c1-19-5-7-20(8-6-19)24-25(36-42(38,39)23-11-9-21(10-12-23)29(2,3)4)34-27(31-13-14-37)35-26(24)40-15-16-41-28-32-17-22(30)18-33-28/h5-12,17-18,37H,13-16H2,1-4H3,(H2,31,34,35,36). The van der Waals surface area contributed by atoms with Crippen molar-refractivity contribution in [1.82, 2.24) is 19.9 Å². The second-order valence-electron chi connectivity index (χ2n) is 10.4. The highest BCUT2D eigenvalue weighted by atomic mass is 79.9. The van der Waals surface area contributed by atoms with E-state index in [1.165, 1.54) is 0 Å². The Hall–Kier alpha value is -3.81. The van der Waals surface area contributed by atoms with E-state index < -0.39 is 10.0 Å². The maximum atomic E-state index is 13.6. The van der Waals surface area contributed by atoms with Gasteiger partial charge < -0.3 is 19.9 Å². The van der Waals surface area contributed by atoms with Gasteiger partial charge in [0.15, 0.2) is 5.82 Å². The fourth-order valence-corrected chi connectivity index (χ4v) is 5.03. The number of aliphatic hydroxyl groups excluding tert-OH is 1. The number of hydrogen-bond acceptors (Lipinski definition) is 10. The van der Waals surface area contributed by atoms with Gasteiger partial charge in [-0.1, -0.05) is 62.7 Å². The highest BCUT2D eigenvalue weighted by Gasteiger charge is 2.24. The Bertz CT molecular complexity index is 1590. The van der Waals surface area contributed by atoms with Crippen molar-refractivity contribution in [3.05, 3.63) is 76.5 Å². The first-order chi connectivity index (χ1) is 20.0. The van der Waals surface area contributed by atoms with E-state index in [1.807, 2.05) is 31.2 Å². The summed E-state index contributed by atoms with van der Waals surface area (Å²) in [4.78, 5) is 17.2. The zero-order valence-electron chi connectivity index (χ0n) is 23.8. The fourth-order valence-electron chi connectivity index (χ4n) is 3.81. The molecule has 2 aromatic heterocycles. The SMILES string of the molecule is Cc1ccc(-c2c(NS(=O)(=O)c3ccc(C(C)(C)C)cc3)nc(NCCO)nc2OCCOc2ncc(Br)cn2)cc1. The Kier molecular flexibility index (Phi) is 9.97. The van der Waals surface area contributed by atoms with Crippen molar-refractivity contribution in [3.63, 3.8) is 0 Å². The topological polar surface area (TPSA) is 148 Å². The second-order valence-corrected chi connectivity index (χ2v) is 13.0. The van der Waals surface area contributed by atoms with Crippen molar-refractivity contribution < 1.29 is 23.0 Å². The second kappa shape index (κ2) is 13.4. The number of rotatable bonds is 12. The van der Waals surface area contributed by atoms with Crippen LogP contribution in [0.4, 0.5) is 11.8 Å². The van der Waals surface area contributed by atoms with Gasteiger partial charge in [0, 0.05) is 18.9 Å². The molecule has 2 aromatic carbocycles. The zero-order valence-corrected chi connectivity index (χ0v) is 26.2. The Balaban J connectivity index is 1.70. The van der Waals surface area contributed by atoms with E-state index in [-0.39, 0.29) is 60.3 Å². The lowest BCUT2D eigenvalue weighted by Crippen LogP contribution is -2.19. The molecule has 0 bridgehead atoms. The molecule has 0 aliphatic rings. The number of halogens is 1. The van der Waals surface area contributed by atoms with Gasteiger partial charge in [0.25, 0.3) is 10.0 Å². The van der Waals surface area contributed by atoms with Crippen LogP contribution in [0.3, 0.4) is 0 Å². The van der Waals surface area contributed by atoms with E-state index in [2.05, 4.69) is 66.7 Å². The van der Waals surface area contributed by atoms with Gasteiger partial charge in [-0.2, -0.15) is 9.97 Å². The van der Waals surface area contributed by atoms with E-state index >= 15 is 0 Å². The normalized spacial score (nSPS) is 11.7. The highest BCUT2D eigenvalue weighted by molar-refractivity contribution is 9.10. The van der Waals surface area contributed by atoms with E-state index in [9.17, 15) is 13.5 Å². The minimum Gasteiger partial charge on any atom is -0.473 e. The summed E-state index contributed by atoms with van der Waals surface area (Å²) in [5.74, 6) is 0.213. The van der Waals surface area contributed by atoms with E-state index in [0.717, 1.165) is 15.6 Å². The van der Waals surface area contributed by atoms with Crippen LogP contribution in [0.5, 0.6) is 11.9 Å². The summed E-state index contributed by atoms with van der Waals surface area (Å²) >= 11 is 3.28. The maximum absolute atomic E-state index is 13.6. The predicted molar refractivity (Wildman–Crippen MR) is 164 cm³/mol. The van der Waals surface area contributed by atoms with Gasteiger partial charge in [0.1, 0.15) is 13.2 Å². The van der Waals surface area contributed by atoms with Gasteiger partial charge in [-0.15, -0.1) is 0 Å². The fraction of sp³-hybridized carbons (Fsp3) is 0.310. The minimum absolute atomic E-state index is 0.0151. The Morgan fingerprint density at radius 2 is 1.57 bits per heavy atom. The first kappa shape index (κ1) is 31.1. The largest absolute Gasteiger partial charge is 0.473 e. The molecule has 222 valence electrons. The predicted octanol–water partition coefficient (Wildman–Crippen LogP) is 4.96. The van der Waals surface area contributed by atoms with Crippen molar-refractivity contribution in [2.24, 2.45) is 0 Å². The number of nitrogens with zero attached hydrogens (tertiary/aromatic N) is 4. The molecule has 0 saturated heterocycles. The van der Waals surface area contributed by atoms with Crippen LogP contribution in [0.1, 0.15) is 31.9 Å². The van der Waals surface area contributed by atoms with Crippen LogP contribution < -0.4 is 19.5 Å². The number of aromatic nitrogens is 4. The molecule has 0 radical (unpaired) electrons. The number of nitrogens with one attached hydrogen (secondary N) is 2. The third-order valence-electron chi connectivity index (χ3n) is 6.02. The molecule has 42 heavy (non-hydrogen) atoms. The molecule has 4 aromatic rings. The van der Waals surface area contributed by atoms with E-state index in [0.29, 0.717) is 11.1 Å². The van der Waals surface area contributed by atoms with Crippen LogP contribution in [0.25, 0.3) is 11.1 Å². The molecule has 2 heterocycles. The molecular weight excluding hydrogens is 624 g/mol. The number of hydrogen-bond donors (Lipinski definition) is 3. The smallest absolute Gasteiger partial charge is 0.316 e. The van der Waals surface area contributed by atoms with Crippen molar-refractivity contribution in [1.29, 1.82) is 0 Å². The number of benzene rings is 2. The number of sulfonamides is 1. The molecule has 0 aliphatic carbocycles. The molecular formula is C29H33BrN6O5S. The lowest BCUT2D eigenvalue weighted by molar-refractivity contribution is 0.202. The van der Waals surface area contributed by atoms with Crippen LogP contribution in [-0.4, -0.2) is 59.8 Å². The lowest BCUT2D eigenvalue weighted by Gasteiger charge is -2.20. The first-order valence-electron chi connectivity index (χ1n) is 13.2. The molecule has 0 atom stereocenters. The molecule has 0 aliphatic heterocycles. The summed E-state index contributed by atoms with van der Waals surface area (Å²) < 4.78 is 42.1. The molecule has 0 fully saturated rings. The molecule has 0 amide bonds. The Morgan fingerprint density at radius 1 is 0.929 bits per heavy atom. The van der Waals surface area contributed by atoms with Gasteiger partial charge in [0.2, 0.25) is 11.8 Å². The third-order valence-corrected chi connectivity index (χ3v) is 7.79. The molecule has 3 N–H and O–H groups in total. The van der Waals surface area contributed by atoms with E-state index in [4.69, 9.17) is 9.47 Å². The summed E-state index contributed by atoms with van der Waals surface area (Å²) in [6.45, 7) is 8.24. The first-order valence-corrected chi connectivity index (χ1v) is 15.4. The summed E-state index contributed by atoms with van der Waals surface area (Å²) in [5, 5.41) is 12.2. The van der Waals surface area contributed by atoms with Gasteiger partial charge in [-0.3, -0.25) is 4.72 Å². The number of anilines is 2. The van der Waals surface area contributed by atoms with E-state index in [1.54, 1.807) is 36.7 Å². The number of ether oxygens (including phenoxy) is 2. The average Bonchev–Trinajstić information content (AvgIpc) is 2.95. The molecule has 0 unspecified atom stereocenters. The highest BCUT2D eigenvalue weighted by Crippen LogP contribution is 2.37. The summed E-state index contributed by atoms with van der Waals surface area (Å²) in [5.41, 5.74) is 2.88. The minimum atomic E-state index is -4.05. The average molecular weight is 658 g/mol. The summed E-state index contributed by atoms with van der Waals surface area (Å²) in [6.07, 6.45) is 3.13. The number of aryl methyl sites for hydroxylation is 1. The Labute approximate surface area is 254 Å². The lowest BCUT2D eigenvalue weighted by atomic mass is 9.87. The van der Waals surface area contributed by atoms with Crippen LogP contribution in [-0.2, 0) is 15.4 Å². The molecule has 11 nitrogen and oxygen atoms in total. The zero-order chi connectivity index (χ0) is 30.3. The molecule has 0 saturated carbocycles. The monoisotopic (exact) mass is 656 g/mol. The summed E-state index contributed by atoms with van der Waals surface area (Å²) in [6, 6.07) is 14.4. The quantitative estimate of drug-likeness (QED) is 0.179. The molecule has 13 heteroatoms. The third kappa shape index (κ3) is 8.14. The van der Waals surface area contributed by atoms with Crippen molar-refractivity contribution in [2.45, 2.75) is 38.0 Å². The van der Waals surface area contributed by atoms with Gasteiger partial charge in [0.05, 0.1) is 21.5 Å². The number of aliphatic hydroxyl groups is 1. The van der Waals surface area contributed by atoms with Crippen molar-refractivity contribution in [2.75, 3.05) is 36.4 Å². The molecule has 0 spiro atoms. The summed E-state index contributed by atoms with van der Waals surface area (Å²) in [7, 11) is -4.05. The van der Waals surface area contributed by atoms with Crippen molar-refractivity contribution >= 4 is 37.7 Å². The van der Waals surface area contributed by atoms with Crippen LogP contribution in [0.2, 0.25) is 0 Å². The molecule has 4 rings (SSSR count). The van der Waals surface area contributed by atoms with Crippen molar-refractivity contribution in [3.8, 4) is 23.0 Å². The Morgan fingerprint density at radius 3 is 2.19 bits per heavy atom. The maximum Gasteiger partial charge on any atom is 0.316 e. The van der Waals surface area contributed by atoms with Gasteiger partial charge in [-0.05, 0) is 51.5 Å². The van der Waals surface area contributed by atoms with Crippen LogP contribution in [0.15, 0.2) is 70.3 Å². The van der Waals surface area contributed by atoms with Crippen LogP contribution >= 0.6 is 15.9 Å². The van der Waals surface area contributed by atoms with Crippen LogP contribution in [0, 0.1) is 6.92 Å².